The van der Waals surface area contributed by atoms with E-state index >= 15 is 0 Å². The summed E-state index contributed by atoms with van der Waals surface area (Å²) >= 11 is 12.2. The molecule has 0 amide bonds. The molecule has 112 valence electrons. The van der Waals surface area contributed by atoms with Crippen LogP contribution in [0.2, 0.25) is 10.0 Å². The first kappa shape index (κ1) is 15.9. The fourth-order valence-electron chi connectivity index (χ4n) is 2.52. The van der Waals surface area contributed by atoms with Crippen molar-refractivity contribution in [2.45, 2.75) is 46.3 Å². The molecule has 20 heavy (non-hydrogen) atoms. The second-order valence-electron chi connectivity index (χ2n) is 6.59. The summed E-state index contributed by atoms with van der Waals surface area (Å²) in [7, 11) is 0. The minimum atomic E-state index is 0.0978. The fraction of sp³-hybridized carbons (Fsp3) is 0.625. The Hall–Kier alpha value is -0.440. The molecule has 0 saturated heterocycles. The molecule has 1 aromatic rings. The van der Waals surface area contributed by atoms with Crippen molar-refractivity contribution in [3.63, 3.8) is 0 Å². The number of benzene rings is 1. The smallest absolute Gasteiger partial charge is 0.0665 e. The molecule has 1 N–H and O–H groups in total. The molecule has 0 bridgehead atoms. The predicted octanol–water partition coefficient (Wildman–Crippen LogP) is 5.25. The van der Waals surface area contributed by atoms with Crippen molar-refractivity contribution in [1.29, 1.82) is 0 Å². The lowest BCUT2D eigenvalue weighted by Crippen LogP contribution is -2.58. The van der Waals surface area contributed by atoms with E-state index in [-0.39, 0.29) is 5.41 Å². The van der Waals surface area contributed by atoms with Crippen LogP contribution < -0.4 is 5.32 Å². The number of ether oxygens (including phenoxy) is 1. The Morgan fingerprint density at radius 2 is 2.05 bits per heavy atom. The molecule has 1 aromatic carbocycles. The van der Waals surface area contributed by atoms with Crippen LogP contribution in [-0.4, -0.2) is 18.8 Å². The van der Waals surface area contributed by atoms with Gasteiger partial charge in [0.1, 0.15) is 0 Å². The standard InChI is InChI=1S/C16H23Cl2NO/c1-10(2)9-20-15-8-14(16(15,3)4)19-13-7-11(17)5-6-12(13)18/h5-7,10,14-15,19H,8-9H2,1-4H3. The topological polar surface area (TPSA) is 21.3 Å². The van der Waals surface area contributed by atoms with Gasteiger partial charge in [-0.25, -0.2) is 0 Å². The summed E-state index contributed by atoms with van der Waals surface area (Å²) in [6, 6.07) is 5.86. The molecular formula is C16H23Cl2NO. The van der Waals surface area contributed by atoms with E-state index in [2.05, 4.69) is 33.0 Å². The highest BCUT2D eigenvalue weighted by molar-refractivity contribution is 6.35. The maximum Gasteiger partial charge on any atom is 0.0665 e. The molecular weight excluding hydrogens is 293 g/mol. The molecule has 0 aliphatic heterocycles. The van der Waals surface area contributed by atoms with E-state index in [9.17, 15) is 0 Å². The third-order valence-corrected chi connectivity index (χ3v) is 4.63. The van der Waals surface area contributed by atoms with Gasteiger partial charge >= 0.3 is 0 Å². The van der Waals surface area contributed by atoms with Crippen molar-refractivity contribution in [2.75, 3.05) is 11.9 Å². The highest BCUT2D eigenvalue weighted by Crippen LogP contribution is 2.45. The molecule has 0 radical (unpaired) electrons. The number of rotatable bonds is 5. The van der Waals surface area contributed by atoms with E-state index in [1.165, 1.54) is 0 Å². The minimum Gasteiger partial charge on any atom is -0.380 e. The maximum absolute atomic E-state index is 6.20. The summed E-state index contributed by atoms with van der Waals surface area (Å²) in [6.07, 6.45) is 1.31. The van der Waals surface area contributed by atoms with Crippen LogP contribution in [0, 0.1) is 11.3 Å². The molecule has 2 rings (SSSR count). The van der Waals surface area contributed by atoms with E-state index in [1.54, 1.807) is 6.07 Å². The van der Waals surface area contributed by atoms with Crippen molar-refractivity contribution in [3.8, 4) is 0 Å². The summed E-state index contributed by atoms with van der Waals surface area (Å²) in [5, 5.41) is 4.90. The zero-order chi connectivity index (χ0) is 14.9. The van der Waals surface area contributed by atoms with Crippen molar-refractivity contribution >= 4 is 28.9 Å². The maximum atomic E-state index is 6.20. The number of hydrogen-bond donors (Lipinski definition) is 1. The highest BCUT2D eigenvalue weighted by atomic mass is 35.5. The van der Waals surface area contributed by atoms with Crippen LogP contribution >= 0.6 is 23.2 Å². The van der Waals surface area contributed by atoms with Crippen molar-refractivity contribution < 1.29 is 4.74 Å². The van der Waals surface area contributed by atoms with Crippen molar-refractivity contribution in [1.82, 2.24) is 0 Å². The Bertz CT molecular complexity index is 474. The van der Waals surface area contributed by atoms with Crippen LogP contribution in [0.15, 0.2) is 18.2 Å². The second kappa shape index (κ2) is 6.13. The number of hydrogen-bond acceptors (Lipinski definition) is 2. The normalized spacial score (nSPS) is 24.6. The molecule has 0 aromatic heterocycles. The average Bonchev–Trinajstić information content (AvgIpc) is 2.36. The molecule has 2 nitrogen and oxygen atoms in total. The van der Waals surface area contributed by atoms with E-state index in [0.717, 1.165) is 18.7 Å². The Labute approximate surface area is 131 Å². The Morgan fingerprint density at radius 3 is 2.65 bits per heavy atom. The molecule has 0 spiro atoms. The van der Waals surface area contributed by atoms with Gasteiger partial charge in [-0.1, -0.05) is 50.9 Å². The van der Waals surface area contributed by atoms with E-state index < -0.39 is 0 Å². The average molecular weight is 316 g/mol. The van der Waals surface area contributed by atoms with E-state index in [0.29, 0.717) is 28.1 Å². The van der Waals surface area contributed by atoms with Gasteiger partial charge in [-0.2, -0.15) is 0 Å². The van der Waals surface area contributed by atoms with Gasteiger partial charge in [0.25, 0.3) is 0 Å². The lowest BCUT2D eigenvalue weighted by atomic mass is 9.64. The lowest BCUT2D eigenvalue weighted by molar-refractivity contribution is -0.108. The van der Waals surface area contributed by atoms with Crippen LogP contribution in [0.3, 0.4) is 0 Å². The van der Waals surface area contributed by atoms with Gasteiger partial charge in [-0.05, 0) is 30.5 Å². The monoisotopic (exact) mass is 315 g/mol. The van der Waals surface area contributed by atoms with Gasteiger partial charge in [0.15, 0.2) is 0 Å². The predicted molar refractivity (Wildman–Crippen MR) is 86.8 cm³/mol. The summed E-state index contributed by atoms with van der Waals surface area (Å²) in [5.41, 5.74) is 1.00. The molecule has 2 unspecified atom stereocenters. The third-order valence-electron chi connectivity index (χ3n) is 4.07. The van der Waals surface area contributed by atoms with Crippen molar-refractivity contribution in [2.24, 2.45) is 11.3 Å². The van der Waals surface area contributed by atoms with Crippen LogP contribution in [0.4, 0.5) is 5.69 Å². The minimum absolute atomic E-state index is 0.0978. The first-order chi connectivity index (χ1) is 9.30. The van der Waals surface area contributed by atoms with Gasteiger partial charge in [0.2, 0.25) is 0 Å². The van der Waals surface area contributed by atoms with E-state index in [4.69, 9.17) is 27.9 Å². The number of nitrogens with one attached hydrogen (secondary N) is 1. The number of anilines is 1. The third kappa shape index (κ3) is 3.41. The van der Waals surface area contributed by atoms with Gasteiger partial charge in [-0.3, -0.25) is 0 Å². The van der Waals surface area contributed by atoms with Crippen LogP contribution in [0.5, 0.6) is 0 Å². The zero-order valence-corrected chi connectivity index (χ0v) is 14.1. The molecule has 1 aliphatic carbocycles. The number of halogens is 2. The van der Waals surface area contributed by atoms with Gasteiger partial charge in [-0.15, -0.1) is 0 Å². The Kier molecular flexibility index (Phi) is 4.88. The molecule has 1 saturated carbocycles. The molecule has 1 fully saturated rings. The zero-order valence-electron chi connectivity index (χ0n) is 12.5. The summed E-state index contributed by atoms with van der Waals surface area (Å²) in [5.74, 6) is 0.570. The summed E-state index contributed by atoms with van der Waals surface area (Å²) in [4.78, 5) is 0. The second-order valence-corrected chi connectivity index (χ2v) is 7.44. The highest BCUT2D eigenvalue weighted by Gasteiger charge is 2.49. The quantitative estimate of drug-likeness (QED) is 0.801. The van der Waals surface area contributed by atoms with Gasteiger partial charge < -0.3 is 10.1 Å². The van der Waals surface area contributed by atoms with Crippen LogP contribution in [-0.2, 0) is 4.74 Å². The Balaban J connectivity index is 1.97. The Morgan fingerprint density at radius 1 is 1.35 bits per heavy atom. The molecule has 0 heterocycles. The van der Waals surface area contributed by atoms with Crippen LogP contribution in [0.25, 0.3) is 0 Å². The SMILES string of the molecule is CC(C)COC1CC(Nc2cc(Cl)ccc2Cl)C1(C)C. The lowest BCUT2D eigenvalue weighted by Gasteiger charge is -2.52. The fourth-order valence-corrected chi connectivity index (χ4v) is 2.86. The van der Waals surface area contributed by atoms with Gasteiger partial charge in [0, 0.05) is 23.1 Å². The largest absolute Gasteiger partial charge is 0.380 e. The van der Waals surface area contributed by atoms with Crippen molar-refractivity contribution in [3.05, 3.63) is 28.2 Å². The molecule has 1 aliphatic rings. The molecule has 2 atom stereocenters. The summed E-state index contributed by atoms with van der Waals surface area (Å²) < 4.78 is 5.98. The van der Waals surface area contributed by atoms with E-state index in [1.807, 2.05) is 12.1 Å². The van der Waals surface area contributed by atoms with Crippen LogP contribution in [0.1, 0.15) is 34.1 Å². The first-order valence-corrected chi connectivity index (χ1v) is 7.89. The molecule has 4 heteroatoms. The summed E-state index contributed by atoms with van der Waals surface area (Å²) in [6.45, 7) is 9.63. The van der Waals surface area contributed by atoms with Gasteiger partial charge in [0.05, 0.1) is 16.8 Å². The first-order valence-electron chi connectivity index (χ1n) is 7.14.